The van der Waals surface area contributed by atoms with Gasteiger partial charge in [-0.15, -0.1) is 0 Å². The smallest absolute Gasteiger partial charge is 0.290 e. The molecule has 8 heteroatoms. The Hall–Kier alpha value is -3.71. The van der Waals surface area contributed by atoms with Crippen LogP contribution >= 0.6 is 11.6 Å². The Labute approximate surface area is 183 Å². The molecule has 158 valence electrons. The topological polar surface area (TPSA) is 103 Å². The highest BCUT2D eigenvalue weighted by molar-refractivity contribution is 6.30. The van der Waals surface area contributed by atoms with Crippen LogP contribution in [0.15, 0.2) is 71.7 Å². The van der Waals surface area contributed by atoms with Crippen LogP contribution in [0.3, 0.4) is 0 Å². The van der Waals surface area contributed by atoms with Gasteiger partial charge < -0.3 is 25.1 Å². The fourth-order valence-electron chi connectivity index (χ4n) is 3.67. The molecular weight excluding hydrogens is 420 g/mol. The van der Waals surface area contributed by atoms with Gasteiger partial charge in [0.25, 0.3) is 12.5 Å². The Morgan fingerprint density at radius 1 is 0.935 bits per heavy atom. The van der Waals surface area contributed by atoms with Gasteiger partial charge in [0.2, 0.25) is 6.79 Å². The number of fused-ring (bicyclic) bond motifs is 1. The zero-order valence-electron chi connectivity index (χ0n) is 16.3. The highest BCUT2D eigenvalue weighted by atomic mass is 35.5. The molecule has 7 nitrogen and oxygen atoms in total. The third kappa shape index (κ3) is 4.00. The van der Waals surface area contributed by atoms with Gasteiger partial charge in [-0.2, -0.15) is 0 Å². The van der Waals surface area contributed by atoms with Crippen molar-refractivity contribution in [3.63, 3.8) is 0 Å². The fraction of sp³-hybridized carbons (Fsp3) is 0.130. The van der Waals surface area contributed by atoms with Crippen molar-refractivity contribution in [1.82, 2.24) is 0 Å². The Bertz CT molecular complexity index is 1150. The molecule has 0 fully saturated rings. The van der Waals surface area contributed by atoms with Crippen molar-refractivity contribution < 1.29 is 24.1 Å². The van der Waals surface area contributed by atoms with Gasteiger partial charge in [-0.1, -0.05) is 48.0 Å². The molecule has 0 aliphatic carbocycles. The molecular formula is C23H19ClN2O5. The van der Waals surface area contributed by atoms with E-state index in [4.69, 9.17) is 41.4 Å². The molecule has 0 aromatic heterocycles. The maximum atomic E-state index is 8.36. The zero-order chi connectivity index (χ0) is 21.8. The quantitative estimate of drug-likeness (QED) is 0.598. The van der Waals surface area contributed by atoms with Crippen LogP contribution in [-0.4, -0.2) is 31.0 Å². The molecule has 1 unspecified atom stereocenters. The van der Waals surface area contributed by atoms with Crippen molar-refractivity contribution in [3.8, 4) is 22.6 Å². The highest BCUT2D eigenvalue weighted by Crippen LogP contribution is 2.43. The SMILES string of the molecule is NC1=NC(c2cccc(-c3cccc(Cl)c3)c2)(c2ccc3c(c2)OCO3)CO1.O=CO. The van der Waals surface area contributed by atoms with Crippen molar-refractivity contribution in [2.24, 2.45) is 10.7 Å². The van der Waals surface area contributed by atoms with Gasteiger partial charge in [-0.25, -0.2) is 4.99 Å². The Morgan fingerprint density at radius 3 is 2.32 bits per heavy atom. The minimum atomic E-state index is -0.750. The molecule has 2 heterocycles. The molecule has 0 saturated heterocycles. The third-order valence-corrected chi connectivity index (χ3v) is 5.31. The van der Waals surface area contributed by atoms with Gasteiger partial charge in [0.05, 0.1) is 0 Å². The number of benzene rings is 3. The first kappa shape index (κ1) is 20.6. The summed E-state index contributed by atoms with van der Waals surface area (Å²) in [6.07, 6.45) is 0. The second kappa shape index (κ2) is 8.57. The van der Waals surface area contributed by atoms with Gasteiger partial charge in [0, 0.05) is 5.02 Å². The number of hydrogen-bond acceptors (Lipinski definition) is 6. The molecule has 0 radical (unpaired) electrons. The largest absolute Gasteiger partial charge is 0.483 e. The Morgan fingerprint density at radius 2 is 1.61 bits per heavy atom. The van der Waals surface area contributed by atoms with Crippen LogP contribution in [0.1, 0.15) is 11.1 Å². The molecule has 3 aromatic rings. The average molecular weight is 439 g/mol. The van der Waals surface area contributed by atoms with E-state index in [9.17, 15) is 0 Å². The summed E-state index contributed by atoms with van der Waals surface area (Å²) in [4.78, 5) is 13.0. The molecule has 3 aromatic carbocycles. The normalized spacial score (nSPS) is 18.4. The number of nitrogens with zero attached hydrogens (tertiary/aromatic N) is 1. The van der Waals surface area contributed by atoms with E-state index in [0.717, 1.165) is 28.0 Å². The lowest BCUT2D eigenvalue weighted by molar-refractivity contribution is -0.122. The second-order valence-electron chi connectivity index (χ2n) is 6.86. The van der Waals surface area contributed by atoms with Gasteiger partial charge in [-0.3, -0.25) is 4.79 Å². The molecule has 1 atom stereocenters. The summed E-state index contributed by atoms with van der Waals surface area (Å²) in [6, 6.07) is 21.9. The summed E-state index contributed by atoms with van der Waals surface area (Å²) in [5.74, 6) is 1.42. The molecule has 3 N–H and O–H groups in total. The lowest BCUT2D eigenvalue weighted by Crippen LogP contribution is -2.27. The van der Waals surface area contributed by atoms with Gasteiger partial charge in [-0.05, 0) is 52.6 Å². The first-order valence-electron chi connectivity index (χ1n) is 9.38. The van der Waals surface area contributed by atoms with Crippen molar-refractivity contribution in [2.45, 2.75) is 5.54 Å². The van der Waals surface area contributed by atoms with Crippen molar-refractivity contribution in [2.75, 3.05) is 13.4 Å². The molecule has 2 aliphatic heterocycles. The molecule has 0 amide bonds. The van der Waals surface area contributed by atoms with Gasteiger partial charge in [0.1, 0.15) is 6.61 Å². The number of carbonyl (C=O) groups is 1. The van der Waals surface area contributed by atoms with Crippen LogP contribution in [0.5, 0.6) is 11.5 Å². The molecule has 5 rings (SSSR count). The summed E-state index contributed by atoms with van der Waals surface area (Å²) in [5.41, 5.74) is 9.15. The zero-order valence-corrected chi connectivity index (χ0v) is 17.1. The number of rotatable bonds is 3. The number of halogens is 1. The van der Waals surface area contributed by atoms with E-state index in [-0.39, 0.29) is 19.3 Å². The molecule has 0 spiro atoms. The molecule has 0 bridgehead atoms. The summed E-state index contributed by atoms with van der Waals surface area (Å²) >= 11 is 6.17. The number of hydrogen-bond donors (Lipinski definition) is 2. The maximum absolute atomic E-state index is 8.36. The van der Waals surface area contributed by atoms with Crippen LogP contribution < -0.4 is 15.2 Å². The monoisotopic (exact) mass is 438 g/mol. The summed E-state index contributed by atoms with van der Waals surface area (Å²) in [7, 11) is 0. The van der Waals surface area contributed by atoms with E-state index in [1.807, 2.05) is 60.7 Å². The lowest BCUT2D eigenvalue weighted by Gasteiger charge is -2.26. The molecule has 0 saturated carbocycles. The molecule has 31 heavy (non-hydrogen) atoms. The van der Waals surface area contributed by atoms with Crippen LogP contribution in [0.2, 0.25) is 5.02 Å². The third-order valence-electron chi connectivity index (χ3n) is 5.08. The predicted molar refractivity (Wildman–Crippen MR) is 117 cm³/mol. The number of amidine groups is 1. The second-order valence-corrected chi connectivity index (χ2v) is 7.30. The number of carboxylic acid groups (broad SMARTS) is 1. The lowest BCUT2D eigenvalue weighted by atomic mass is 9.83. The van der Waals surface area contributed by atoms with E-state index in [0.29, 0.717) is 17.4 Å². The highest BCUT2D eigenvalue weighted by Gasteiger charge is 2.41. The minimum absolute atomic E-state index is 0.172. The number of aliphatic imine (C=N–C) groups is 1. The average Bonchev–Trinajstić information content (AvgIpc) is 3.41. The van der Waals surface area contributed by atoms with E-state index < -0.39 is 5.54 Å². The van der Waals surface area contributed by atoms with Crippen molar-refractivity contribution in [1.29, 1.82) is 0 Å². The maximum Gasteiger partial charge on any atom is 0.290 e. The van der Waals surface area contributed by atoms with Gasteiger partial charge in [0.15, 0.2) is 17.0 Å². The number of ether oxygens (including phenoxy) is 3. The minimum Gasteiger partial charge on any atom is -0.483 e. The van der Waals surface area contributed by atoms with E-state index in [1.54, 1.807) is 0 Å². The first-order valence-corrected chi connectivity index (χ1v) is 9.76. The van der Waals surface area contributed by atoms with Crippen LogP contribution in [0, 0.1) is 0 Å². The van der Waals surface area contributed by atoms with Gasteiger partial charge >= 0.3 is 0 Å². The van der Waals surface area contributed by atoms with E-state index in [2.05, 4.69) is 11.1 Å². The summed E-state index contributed by atoms with van der Waals surface area (Å²) in [5, 5.41) is 7.58. The van der Waals surface area contributed by atoms with Crippen LogP contribution in [-0.2, 0) is 15.1 Å². The first-order chi connectivity index (χ1) is 15.1. The van der Waals surface area contributed by atoms with Crippen LogP contribution in [0.25, 0.3) is 11.1 Å². The summed E-state index contributed by atoms with van der Waals surface area (Å²) in [6.45, 7) is 0.287. The summed E-state index contributed by atoms with van der Waals surface area (Å²) < 4.78 is 16.6. The van der Waals surface area contributed by atoms with E-state index >= 15 is 0 Å². The fourth-order valence-corrected chi connectivity index (χ4v) is 3.86. The Kier molecular flexibility index (Phi) is 5.68. The molecule has 2 aliphatic rings. The van der Waals surface area contributed by atoms with Crippen molar-refractivity contribution in [3.05, 3.63) is 82.9 Å². The predicted octanol–water partition coefficient (Wildman–Crippen LogP) is 4.03. The van der Waals surface area contributed by atoms with Crippen molar-refractivity contribution >= 4 is 24.1 Å². The number of nitrogens with two attached hydrogens (primary N) is 1. The Balaban J connectivity index is 0.000000730. The van der Waals surface area contributed by atoms with E-state index in [1.165, 1.54) is 0 Å². The van der Waals surface area contributed by atoms with Crippen LogP contribution in [0.4, 0.5) is 0 Å². The standard InChI is InChI=1S/C22H17ClN2O3.CH2O2/c23-18-6-2-4-15(10-18)14-3-1-5-16(9-14)22(12-26-21(24)25-22)17-7-8-19-20(11-17)28-13-27-19;2-1-3/h1-11H,12-13H2,(H2,24,25);1H,(H,2,3).